The van der Waals surface area contributed by atoms with Crippen molar-refractivity contribution in [1.29, 1.82) is 0 Å². The number of hydrogen-bond acceptors (Lipinski definition) is 6. The van der Waals surface area contributed by atoms with Gasteiger partial charge in [0.05, 0.1) is 5.75 Å². The first-order chi connectivity index (χ1) is 12.6. The van der Waals surface area contributed by atoms with Crippen molar-refractivity contribution in [3.05, 3.63) is 30.1 Å². The maximum atomic E-state index is 12.1. The first kappa shape index (κ1) is 20.6. The summed E-state index contributed by atoms with van der Waals surface area (Å²) in [6, 6.07) is 4.80. The Kier molecular flexibility index (Phi) is 6.66. The highest BCUT2D eigenvalue weighted by Crippen LogP contribution is 2.24. The van der Waals surface area contributed by atoms with E-state index in [-0.39, 0.29) is 23.8 Å². The number of hydrogen-bond donors (Lipinski definition) is 2. The van der Waals surface area contributed by atoms with Crippen molar-refractivity contribution in [2.24, 2.45) is 12.8 Å². The van der Waals surface area contributed by atoms with Crippen LogP contribution in [0, 0.1) is 0 Å². The van der Waals surface area contributed by atoms with Crippen LogP contribution in [0.5, 0.6) is 5.75 Å². The second-order valence-electron chi connectivity index (χ2n) is 5.33. The lowest BCUT2D eigenvalue weighted by molar-refractivity contribution is -0.274. The number of aryl methyl sites for hydroxylation is 1. The molecule has 0 aliphatic heterocycles. The maximum Gasteiger partial charge on any atom is 0.573 e. The lowest BCUT2D eigenvalue weighted by atomic mass is 10.3. The minimum atomic E-state index is -4.77. The number of amides is 2. The molecule has 0 unspecified atom stereocenters. The molecule has 0 bridgehead atoms. The number of halogens is 3. The van der Waals surface area contributed by atoms with Gasteiger partial charge in [-0.05, 0) is 24.3 Å². The summed E-state index contributed by atoms with van der Waals surface area (Å²) >= 11 is 1.13. The number of carbonyl (C=O) groups is 2. The number of rotatable bonds is 8. The van der Waals surface area contributed by atoms with Gasteiger partial charge < -0.3 is 20.4 Å². The van der Waals surface area contributed by atoms with E-state index >= 15 is 0 Å². The number of carbonyl (C=O) groups excluding carboxylic acids is 2. The molecule has 3 N–H and O–H groups in total. The molecule has 12 heteroatoms. The van der Waals surface area contributed by atoms with E-state index in [1.165, 1.54) is 12.1 Å². The van der Waals surface area contributed by atoms with Crippen LogP contribution < -0.4 is 15.8 Å². The van der Waals surface area contributed by atoms with Crippen LogP contribution in [0.4, 0.5) is 18.9 Å². The fourth-order valence-corrected chi connectivity index (χ4v) is 2.72. The maximum absolute atomic E-state index is 12.1. The zero-order valence-electron chi connectivity index (χ0n) is 14.1. The van der Waals surface area contributed by atoms with Gasteiger partial charge in [-0.2, -0.15) is 0 Å². The number of anilines is 1. The number of aromatic nitrogens is 3. The molecule has 0 fully saturated rings. The molecule has 0 aliphatic rings. The van der Waals surface area contributed by atoms with E-state index in [1.54, 1.807) is 11.6 Å². The Balaban J connectivity index is 1.85. The Hall–Kier alpha value is -2.76. The summed E-state index contributed by atoms with van der Waals surface area (Å²) in [5.74, 6) is -0.610. The highest BCUT2D eigenvalue weighted by molar-refractivity contribution is 7.99. The summed E-state index contributed by atoms with van der Waals surface area (Å²) in [4.78, 5) is 22.8. The van der Waals surface area contributed by atoms with Crippen LogP contribution in [0.1, 0.15) is 12.2 Å². The SMILES string of the molecule is Cn1c(CCC(N)=O)nnc1SCC(=O)Nc1ccc(OC(F)(F)F)cc1. The van der Waals surface area contributed by atoms with Gasteiger partial charge in [-0.15, -0.1) is 23.4 Å². The van der Waals surface area contributed by atoms with Gasteiger partial charge in [0.1, 0.15) is 11.6 Å². The normalized spacial score (nSPS) is 11.3. The molecular formula is C15H16F3N5O3S. The molecule has 0 radical (unpaired) electrons. The van der Waals surface area contributed by atoms with Crippen LogP contribution in [-0.4, -0.2) is 38.7 Å². The van der Waals surface area contributed by atoms with Gasteiger partial charge in [-0.3, -0.25) is 9.59 Å². The Labute approximate surface area is 156 Å². The van der Waals surface area contributed by atoms with Crippen LogP contribution in [-0.2, 0) is 23.1 Å². The molecule has 8 nitrogen and oxygen atoms in total. The lowest BCUT2D eigenvalue weighted by Gasteiger charge is -2.10. The third-order valence-electron chi connectivity index (χ3n) is 3.22. The van der Waals surface area contributed by atoms with Gasteiger partial charge in [0, 0.05) is 25.6 Å². The van der Waals surface area contributed by atoms with Crippen molar-refractivity contribution >= 4 is 29.3 Å². The van der Waals surface area contributed by atoms with E-state index < -0.39 is 12.3 Å². The molecule has 27 heavy (non-hydrogen) atoms. The minimum Gasteiger partial charge on any atom is -0.406 e. The molecule has 2 amide bonds. The average Bonchev–Trinajstić information content (AvgIpc) is 2.91. The standard InChI is InChI=1S/C15H16F3N5O3S/c1-23-12(7-6-11(19)24)21-22-14(23)27-8-13(25)20-9-2-4-10(5-3-9)26-15(16,17)18/h2-5H,6-8H2,1H3,(H2,19,24)(H,20,25). The van der Waals surface area contributed by atoms with Crippen LogP contribution in [0.15, 0.2) is 29.4 Å². The molecule has 0 atom stereocenters. The summed E-state index contributed by atoms with van der Waals surface area (Å²) in [6.07, 6.45) is -4.28. The zero-order chi connectivity index (χ0) is 20.0. The monoisotopic (exact) mass is 403 g/mol. The average molecular weight is 403 g/mol. The van der Waals surface area contributed by atoms with Gasteiger partial charge in [0.25, 0.3) is 0 Å². The molecule has 0 saturated carbocycles. The highest BCUT2D eigenvalue weighted by Gasteiger charge is 2.30. The summed E-state index contributed by atoms with van der Waals surface area (Å²) in [6.45, 7) is 0. The molecule has 0 saturated heterocycles. The van der Waals surface area contributed by atoms with Gasteiger partial charge in [0.15, 0.2) is 5.16 Å². The molecule has 1 aromatic heterocycles. The van der Waals surface area contributed by atoms with E-state index in [2.05, 4.69) is 20.3 Å². The fourth-order valence-electron chi connectivity index (χ4n) is 1.99. The van der Waals surface area contributed by atoms with E-state index in [9.17, 15) is 22.8 Å². The van der Waals surface area contributed by atoms with Crippen molar-refractivity contribution in [2.45, 2.75) is 24.4 Å². The molecule has 2 aromatic rings. The Bertz CT molecular complexity index is 808. The predicted molar refractivity (Wildman–Crippen MR) is 91.0 cm³/mol. The quantitative estimate of drug-likeness (QED) is 0.651. The number of benzene rings is 1. The fraction of sp³-hybridized carbons (Fsp3) is 0.333. The molecule has 2 rings (SSSR count). The third kappa shape index (κ3) is 6.81. The van der Waals surface area contributed by atoms with Crippen molar-refractivity contribution in [2.75, 3.05) is 11.1 Å². The Morgan fingerprint density at radius 1 is 1.26 bits per heavy atom. The third-order valence-corrected chi connectivity index (χ3v) is 4.24. The van der Waals surface area contributed by atoms with Crippen LogP contribution in [0.3, 0.4) is 0 Å². The summed E-state index contributed by atoms with van der Waals surface area (Å²) in [7, 11) is 1.70. The van der Waals surface area contributed by atoms with Gasteiger partial charge in [0.2, 0.25) is 11.8 Å². The number of alkyl halides is 3. The zero-order valence-corrected chi connectivity index (χ0v) is 14.9. The number of ether oxygens (including phenoxy) is 1. The Morgan fingerprint density at radius 3 is 2.52 bits per heavy atom. The van der Waals surface area contributed by atoms with E-state index in [0.717, 1.165) is 23.9 Å². The van der Waals surface area contributed by atoms with Crippen molar-refractivity contribution < 1.29 is 27.5 Å². The molecular weight excluding hydrogens is 387 g/mol. The minimum absolute atomic E-state index is 0.0165. The number of nitrogens with zero attached hydrogens (tertiary/aromatic N) is 3. The number of nitrogens with one attached hydrogen (secondary N) is 1. The first-order valence-corrected chi connectivity index (χ1v) is 8.57. The summed E-state index contributed by atoms with van der Waals surface area (Å²) in [5.41, 5.74) is 5.42. The molecule has 146 valence electrons. The van der Waals surface area contributed by atoms with Gasteiger partial charge in [-0.1, -0.05) is 11.8 Å². The first-order valence-electron chi connectivity index (χ1n) is 7.59. The number of primary amides is 1. The van der Waals surface area contributed by atoms with Crippen LogP contribution in [0.2, 0.25) is 0 Å². The summed E-state index contributed by atoms with van der Waals surface area (Å²) in [5, 5.41) is 10.9. The molecule has 0 spiro atoms. The van der Waals surface area contributed by atoms with E-state index in [1.807, 2.05) is 0 Å². The Morgan fingerprint density at radius 2 is 1.93 bits per heavy atom. The number of nitrogens with two attached hydrogens (primary N) is 1. The summed E-state index contributed by atoms with van der Waals surface area (Å²) < 4.78 is 41.7. The van der Waals surface area contributed by atoms with Crippen LogP contribution >= 0.6 is 11.8 Å². The number of thioether (sulfide) groups is 1. The smallest absolute Gasteiger partial charge is 0.406 e. The van der Waals surface area contributed by atoms with Gasteiger partial charge in [-0.25, -0.2) is 0 Å². The topological polar surface area (TPSA) is 112 Å². The van der Waals surface area contributed by atoms with E-state index in [4.69, 9.17) is 5.73 Å². The highest BCUT2D eigenvalue weighted by atomic mass is 32.2. The second-order valence-corrected chi connectivity index (χ2v) is 6.28. The predicted octanol–water partition coefficient (Wildman–Crippen LogP) is 1.86. The second kappa shape index (κ2) is 8.75. The van der Waals surface area contributed by atoms with Crippen molar-refractivity contribution in [3.8, 4) is 5.75 Å². The molecule has 0 aliphatic carbocycles. The van der Waals surface area contributed by atoms with Crippen molar-refractivity contribution in [3.63, 3.8) is 0 Å². The van der Waals surface area contributed by atoms with Crippen molar-refractivity contribution in [1.82, 2.24) is 14.8 Å². The largest absolute Gasteiger partial charge is 0.573 e. The molecule has 1 heterocycles. The van der Waals surface area contributed by atoms with Gasteiger partial charge >= 0.3 is 6.36 Å². The van der Waals surface area contributed by atoms with E-state index in [0.29, 0.717) is 23.1 Å². The van der Waals surface area contributed by atoms with Crippen LogP contribution in [0.25, 0.3) is 0 Å². The molecule has 1 aromatic carbocycles. The lowest BCUT2D eigenvalue weighted by Crippen LogP contribution is -2.17.